The van der Waals surface area contributed by atoms with Crippen LogP contribution in [0.2, 0.25) is 0 Å². The molecular weight excluding hydrogens is 290 g/mol. The van der Waals surface area contributed by atoms with E-state index in [4.69, 9.17) is 5.11 Å². The van der Waals surface area contributed by atoms with Gasteiger partial charge in [-0.15, -0.1) is 0 Å². The Balaban J connectivity index is 2.21. The molecule has 3 aromatic rings. The Kier molecular flexibility index (Phi) is 3.58. The maximum atomic E-state index is 13.5. The fourth-order valence-electron chi connectivity index (χ4n) is 2.36. The summed E-state index contributed by atoms with van der Waals surface area (Å²) in [6, 6.07) is 11.2. The monoisotopic (exact) mass is 302 g/mol. The summed E-state index contributed by atoms with van der Waals surface area (Å²) >= 11 is 0. The lowest BCUT2D eigenvalue weighted by Crippen LogP contribution is -2.06. The van der Waals surface area contributed by atoms with Crippen LogP contribution in [-0.4, -0.2) is 20.6 Å². The van der Waals surface area contributed by atoms with Gasteiger partial charge in [0, 0.05) is 24.2 Å². The van der Waals surface area contributed by atoms with Crippen LogP contribution in [0.25, 0.3) is 22.4 Å². The van der Waals surface area contributed by atoms with Crippen molar-refractivity contribution in [2.24, 2.45) is 0 Å². The summed E-state index contributed by atoms with van der Waals surface area (Å²) in [5.41, 5.74) is 1.42. The fourth-order valence-corrected chi connectivity index (χ4v) is 2.36. The number of fused-ring (bicyclic) bond motifs is 1. The Morgan fingerprint density at radius 3 is 2.50 bits per heavy atom. The van der Waals surface area contributed by atoms with E-state index in [1.165, 1.54) is 0 Å². The lowest BCUT2D eigenvalue weighted by Gasteiger charge is -2.08. The van der Waals surface area contributed by atoms with Crippen molar-refractivity contribution >= 4 is 17.0 Å². The second-order valence-electron chi connectivity index (χ2n) is 4.85. The fraction of sp³-hybridized carbons (Fsp3) is 0.125. The van der Waals surface area contributed by atoms with Crippen LogP contribution in [0.4, 0.5) is 8.78 Å². The summed E-state index contributed by atoms with van der Waals surface area (Å²) in [4.78, 5) is 15.2. The van der Waals surface area contributed by atoms with Crippen molar-refractivity contribution in [1.82, 2.24) is 9.55 Å². The summed E-state index contributed by atoms with van der Waals surface area (Å²) in [7, 11) is 0. The van der Waals surface area contributed by atoms with Gasteiger partial charge in [0.1, 0.15) is 5.82 Å². The van der Waals surface area contributed by atoms with Gasteiger partial charge in [-0.25, -0.2) is 13.8 Å². The topological polar surface area (TPSA) is 55.1 Å². The van der Waals surface area contributed by atoms with Crippen molar-refractivity contribution in [2.45, 2.75) is 13.0 Å². The van der Waals surface area contributed by atoms with Crippen molar-refractivity contribution in [3.8, 4) is 11.4 Å². The predicted molar refractivity (Wildman–Crippen MR) is 77.3 cm³/mol. The zero-order valence-corrected chi connectivity index (χ0v) is 11.5. The summed E-state index contributed by atoms with van der Waals surface area (Å²) in [6.07, 6.45) is -0.135. The SMILES string of the molecule is O=C(O)CCn1c(-c2ccccc2)nc2cc(F)c(F)cc21. The van der Waals surface area contributed by atoms with Crippen LogP contribution in [0, 0.1) is 11.6 Å². The number of aryl methyl sites for hydroxylation is 1. The maximum absolute atomic E-state index is 13.5. The van der Waals surface area contributed by atoms with Crippen LogP contribution in [0.1, 0.15) is 6.42 Å². The number of carbonyl (C=O) groups is 1. The van der Waals surface area contributed by atoms with E-state index >= 15 is 0 Å². The van der Waals surface area contributed by atoms with Gasteiger partial charge in [0.25, 0.3) is 0 Å². The number of rotatable bonds is 4. The molecule has 3 rings (SSSR count). The molecule has 0 unspecified atom stereocenters. The minimum absolute atomic E-state index is 0.126. The lowest BCUT2D eigenvalue weighted by molar-refractivity contribution is -0.137. The number of carboxylic acid groups (broad SMARTS) is 1. The quantitative estimate of drug-likeness (QED) is 0.803. The van der Waals surface area contributed by atoms with E-state index in [2.05, 4.69) is 4.98 Å². The molecule has 0 atom stereocenters. The molecule has 112 valence electrons. The van der Waals surface area contributed by atoms with E-state index in [-0.39, 0.29) is 13.0 Å². The molecule has 0 aliphatic carbocycles. The van der Waals surface area contributed by atoms with Gasteiger partial charge in [-0.05, 0) is 0 Å². The molecule has 0 bridgehead atoms. The van der Waals surface area contributed by atoms with Crippen LogP contribution in [-0.2, 0) is 11.3 Å². The molecule has 0 amide bonds. The number of halogens is 2. The Morgan fingerprint density at radius 1 is 1.14 bits per heavy atom. The van der Waals surface area contributed by atoms with Crippen molar-refractivity contribution in [3.63, 3.8) is 0 Å². The average Bonchev–Trinajstić information content (AvgIpc) is 2.84. The summed E-state index contributed by atoms with van der Waals surface area (Å²) in [6.45, 7) is 0.126. The Bertz CT molecular complexity index is 844. The molecule has 0 fully saturated rings. The number of imidazole rings is 1. The number of hydrogen-bond donors (Lipinski definition) is 1. The molecule has 22 heavy (non-hydrogen) atoms. The van der Waals surface area contributed by atoms with Crippen LogP contribution in [0.5, 0.6) is 0 Å². The third kappa shape index (κ3) is 2.55. The van der Waals surface area contributed by atoms with Crippen molar-refractivity contribution in [1.29, 1.82) is 0 Å². The van der Waals surface area contributed by atoms with Gasteiger partial charge in [-0.2, -0.15) is 0 Å². The van der Waals surface area contributed by atoms with Gasteiger partial charge < -0.3 is 9.67 Å². The summed E-state index contributed by atoms with van der Waals surface area (Å²) < 4.78 is 28.5. The smallest absolute Gasteiger partial charge is 0.305 e. The van der Waals surface area contributed by atoms with Crippen LogP contribution in [0.3, 0.4) is 0 Å². The van der Waals surface area contributed by atoms with Crippen LogP contribution < -0.4 is 0 Å². The molecule has 0 saturated heterocycles. The first-order chi connectivity index (χ1) is 10.6. The van der Waals surface area contributed by atoms with E-state index in [0.717, 1.165) is 17.7 Å². The van der Waals surface area contributed by atoms with Gasteiger partial charge in [-0.3, -0.25) is 4.79 Å². The highest BCUT2D eigenvalue weighted by Gasteiger charge is 2.16. The number of aliphatic carboxylic acids is 1. The first kappa shape index (κ1) is 14.2. The molecule has 4 nitrogen and oxygen atoms in total. The van der Waals surface area contributed by atoms with Gasteiger partial charge in [-0.1, -0.05) is 30.3 Å². The number of benzene rings is 2. The molecule has 0 aliphatic heterocycles. The maximum Gasteiger partial charge on any atom is 0.305 e. The highest BCUT2D eigenvalue weighted by atomic mass is 19.2. The largest absolute Gasteiger partial charge is 0.481 e. The number of hydrogen-bond acceptors (Lipinski definition) is 2. The second-order valence-corrected chi connectivity index (χ2v) is 4.85. The minimum Gasteiger partial charge on any atom is -0.481 e. The zero-order valence-electron chi connectivity index (χ0n) is 11.5. The van der Waals surface area contributed by atoms with Crippen LogP contribution in [0.15, 0.2) is 42.5 Å². The third-order valence-corrected chi connectivity index (χ3v) is 3.37. The molecule has 0 radical (unpaired) electrons. The molecule has 0 saturated carbocycles. The number of nitrogens with zero attached hydrogens (tertiary/aromatic N) is 2. The molecule has 2 aromatic carbocycles. The van der Waals surface area contributed by atoms with Crippen molar-refractivity contribution < 1.29 is 18.7 Å². The molecule has 6 heteroatoms. The predicted octanol–water partition coefficient (Wildman–Crippen LogP) is 3.46. The zero-order chi connectivity index (χ0) is 15.7. The molecule has 0 spiro atoms. The highest BCUT2D eigenvalue weighted by Crippen LogP contribution is 2.26. The van der Waals surface area contributed by atoms with Crippen molar-refractivity contribution in [3.05, 3.63) is 54.1 Å². The molecule has 1 aromatic heterocycles. The molecule has 1 N–H and O–H groups in total. The second kappa shape index (κ2) is 5.55. The third-order valence-electron chi connectivity index (χ3n) is 3.37. The Morgan fingerprint density at radius 2 is 1.82 bits per heavy atom. The van der Waals surface area contributed by atoms with E-state index < -0.39 is 17.6 Å². The normalized spacial score (nSPS) is 11.0. The highest BCUT2D eigenvalue weighted by molar-refractivity contribution is 5.81. The summed E-state index contributed by atoms with van der Waals surface area (Å²) in [5, 5.41) is 8.88. The summed E-state index contributed by atoms with van der Waals surface area (Å²) in [5.74, 6) is -2.44. The van der Waals surface area contributed by atoms with Crippen LogP contribution >= 0.6 is 0 Å². The van der Waals surface area contributed by atoms with Gasteiger partial charge in [0.05, 0.1) is 17.5 Å². The first-order valence-electron chi connectivity index (χ1n) is 6.69. The standard InChI is InChI=1S/C16H12F2N2O2/c17-11-8-13-14(9-12(11)18)20(7-6-15(21)22)16(19-13)10-4-2-1-3-5-10/h1-5,8-9H,6-7H2,(H,21,22). The number of carboxylic acids is 1. The minimum atomic E-state index is -0.983. The molecule has 0 aliphatic rings. The molecule has 1 heterocycles. The van der Waals surface area contributed by atoms with Gasteiger partial charge in [0.2, 0.25) is 0 Å². The lowest BCUT2D eigenvalue weighted by atomic mass is 10.2. The first-order valence-corrected chi connectivity index (χ1v) is 6.69. The van der Waals surface area contributed by atoms with Crippen molar-refractivity contribution in [2.75, 3.05) is 0 Å². The Hall–Kier alpha value is -2.76. The van der Waals surface area contributed by atoms with Gasteiger partial charge in [0.15, 0.2) is 11.6 Å². The Labute approximate surface area is 124 Å². The average molecular weight is 302 g/mol. The van der Waals surface area contributed by atoms with E-state index in [0.29, 0.717) is 16.9 Å². The van der Waals surface area contributed by atoms with E-state index in [9.17, 15) is 13.6 Å². The number of aromatic nitrogens is 2. The van der Waals surface area contributed by atoms with E-state index in [1.807, 2.05) is 30.3 Å². The molecular formula is C16H12F2N2O2. The van der Waals surface area contributed by atoms with Gasteiger partial charge >= 0.3 is 5.97 Å². The van der Waals surface area contributed by atoms with E-state index in [1.54, 1.807) is 4.57 Å².